The van der Waals surface area contributed by atoms with Crippen molar-refractivity contribution >= 4 is 32.9 Å². The molecule has 1 rings (SSSR count). The number of rotatable bonds is 4. The van der Waals surface area contributed by atoms with Crippen molar-refractivity contribution in [3.63, 3.8) is 0 Å². The molecular weight excluding hydrogens is 250 g/mol. The molecule has 1 aliphatic rings. The van der Waals surface area contributed by atoms with Crippen molar-refractivity contribution in [3.8, 4) is 0 Å². The molecule has 0 bridgehead atoms. The first-order chi connectivity index (χ1) is 6.05. The Morgan fingerprint density at radius 3 is 2.69 bits per heavy atom. The molecule has 1 heterocycles. The Labute approximate surface area is 92.6 Å². The highest BCUT2D eigenvalue weighted by Gasteiger charge is 2.35. The van der Waals surface area contributed by atoms with Gasteiger partial charge in [0.25, 0.3) is 5.24 Å². The smallest absolute Gasteiger partial charge is 0.282 e. The molecule has 0 aliphatic carbocycles. The minimum atomic E-state index is 0.117. The van der Waals surface area contributed by atoms with E-state index in [-0.39, 0.29) is 9.99 Å². The maximum Gasteiger partial charge on any atom is 0.282 e. The number of thioether (sulfide) groups is 1. The summed E-state index contributed by atoms with van der Waals surface area (Å²) in [4.78, 5) is 13.4. The van der Waals surface area contributed by atoms with E-state index in [1.54, 1.807) is 0 Å². The molecule has 13 heavy (non-hydrogen) atoms. The summed E-state index contributed by atoms with van der Waals surface area (Å²) in [5, 5.41) is 1.28. The second-order valence-electron chi connectivity index (χ2n) is 3.95. The van der Waals surface area contributed by atoms with E-state index < -0.39 is 0 Å². The van der Waals surface area contributed by atoms with Crippen molar-refractivity contribution in [2.75, 3.05) is 18.4 Å². The van der Waals surface area contributed by atoms with E-state index >= 15 is 0 Å². The Morgan fingerprint density at radius 2 is 2.23 bits per heavy atom. The third-order valence-electron chi connectivity index (χ3n) is 2.01. The number of alkyl halides is 1. The summed E-state index contributed by atoms with van der Waals surface area (Å²) in [7, 11) is 0. The minimum absolute atomic E-state index is 0.117. The van der Waals surface area contributed by atoms with Gasteiger partial charge in [0, 0.05) is 23.2 Å². The molecule has 76 valence electrons. The van der Waals surface area contributed by atoms with Crippen molar-refractivity contribution < 1.29 is 4.79 Å². The number of amides is 1. The number of hydrogen-bond donors (Lipinski definition) is 0. The average Bonchev–Trinajstić information content (AvgIpc) is 2.25. The Balaban J connectivity index is 2.31. The Kier molecular flexibility index (Phi) is 4.10. The Morgan fingerprint density at radius 1 is 1.54 bits per heavy atom. The summed E-state index contributed by atoms with van der Waals surface area (Å²) < 4.78 is 0.117. The zero-order valence-electron chi connectivity index (χ0n) is 8.18. The van der Waals surface area contributed by atoms with E-state index in [0.717, 1.165) is 31.3 Å². The van der Waals surface area contributed by atoms with Crippen LogP contribution in [0.3, 0.4) is 0 Å². The highest BCUT2D eigenvalue weighted by Crippen LogP contribution is 2.35. The van der Waals surface area contributed by atoms with Gasteiger partial charge in [0.1, 0.15) is 0 Å². The quantitative estimate of drug-likeness (QED) is 0.575. The van der Waals surface area contributed by atoms with Crippen molar-refractivity contribution in [2.24, 2.45) is 0 Å². The highest BCUT2D eigenvalue weighted by atomic mass is 79.9. The van der Waals surface area contributed by atoms with Crippen LogP contribution < -0.4 is 0 Å². The highest BCUT2D eigenvalue weighted by molar-refractivity contribution is 9.09. The molecule has 1 aliphatic heterocycles. The molecule has 4 heteroatoms. The first-order valence-electron chi connectivity index (χ1n) is 4.59. The molecule has 0 aromatic rings. The maximum absolute atomic E-state index is 11.5. The van der Waals surface area contributed by atoms with Gasteiger partial charge >= 0.3 is 0 Å². The summed E-state index contributed by atoms with van der Waals surface area (Å²) in [6.07, 6.45) is 2.25. The van der Waals surface area contributed by atoms with Crippen molar-refractivity contribution in [2.45, 2.75) is 31.4 Å². The fraction of sp³-hybridized carbons (Fsp3) is 0.889. The molecular formula is C9H16BrNOS. The summed E-state index contributed by atoms with van der Waals surface area (Å²) in [6, 6.07) is 0. The van der Waals surface area contributed by atoms with Crippen LogP contribution in [0, 0.1) is 0 Å². The molecule has 0 radical (unpaired) electrons. The summed E-state index contributed by atoms with van der Waals surface area (Å²) in [5.41, 5.74) is 0. The molecule has 0 saturated carbocycles. The van der Waals surface area contributed by atoms with Gasteiger partial charge in [-0.1, -0.05) is 27.7 Å². The van der Waals surface area contributed by atoms with Gasteiger partial charge in [0.05, 0.1) is 0 Å². The lowest BCUT2D eigenvalue weighted by Crippen LogP contribution is -2.29. The lowest BCUT2D eigenvalue weighted by molar-refractivity contribution is 0.224. The fourth-order valence-electron chi connectivity index (χ4n) is 1.42. The largest absolute Gasteiger partial charge is 0.332 e. The lowest BCUT2D eigenvalue weighted by atomic mass is 10.2. The number of carbonyl (C=O) groups excluding carboxylic acids is 1. The van der Waals surface area contributed by atoms with E-state index in [4.69, 9.17) is 0 Å². The van der Waals surface area contributed by atoms with Crippen LogP contribution in [-0.4, -0.2) is 33.3 Å². The van der Waals surface area contributed by atoms with E-state index in [1.165, 1.54) is 11.8 Å². The number of unbranched alkanes of at least 4 members (excludes halogenated alkanes) is 1. The van der Waals surface area contributed by atoms with Crippen LogP contribution in [0.1, 0.15) is 26.7 Å². The fourth-order valence-corrected chi connectivity index (χ4v) is 2.80. The SMILES string of the molecule is CC1(C)CN(CCCCBr)C(=O)S1. The van der Waals surface area contributed by atoms with Crippen LogP contribution in [0.25, 0.3) is 0 Å². The Bertz CT molecular complexity index is 196. The monoisotopic (exact) mass is 265 g/mol. The van der Waals surface area contributed by atoms with Crippen LogP contribution in [0.15, 0.2) is 0 Å². The van der Waals surface area contributed by atoms with Gasteiger partial charge in [-0.25, -0.2) is 0 Å². The molecule has 1 fully saturated rings. The van der Waals surface area contributed by atoms with Gasteiger partial charge in [0.15, 0.2) is 0 Å². The van der Waals surface area contributed by atoms with Crippen LogP contribution in [0.5, 0.6) is 0 Å². The normalized spacial score (nSPS) is 21.2. The van der Waals surface area contributed by atoms with E-state index in [2.05, 4.69) is 29.8 Å². The lowest BCUT2D eigenvalue weighted by Gasteiger charge is -2.17. The maximum atomic E-state index is 11.5. The second kappa shape index (κ2) is 4.69. The molecule has 0 unspecified atom stereocenters. The van der Waals surface area contributed by atoms with E-state index in [1.807, 2.05) is 4.90 Å². The summed E-state index contributed by atoms with van der Waals surface area (Å²) in [6.45, 7) is 6.07. The van der Waals surface area contributed by atoms with Crippen LogP contribution in [0.2, 0.25) is 0 Å². The van der Waals surface area contributed by atoms with Crippen molar-refractivity contribution in [3.05, 3.63) is 0 Å². The predicted molar refractivity (Wildman–Crippen MR) is 61.7 cm³/mol. The van der Waals surface area contributed by atoms with Gasteiger partial charge in [-0.05, 0) is 26.7 Å². The first-order valence-corrected chi connectivity index (χ1v) is 6.53. The van der Waals surface area contributed by atoms with Gasteiger partial charge in [-0.3, -0.25) is 4.79 Å². The topological polar surface area (TPSA) is 20.3 Å². The molecule has 0 aromatic carbocycles. The number of halogens is 1. The second-order valence-corrected chi connectivity index (χ2v) is 6.40. The van der Waals surface area contributed by atoms with Crippen LogP contribution in [-0.2, 0) is 0 Å². The first kappa shape index (κ1) is 11.4. The standard InChI is InChI=1S/C9H16BrNOS/c1-9(2)7-11(8(12)13-9)6-4-3-5-10/h3-7H2,1-2H3. The molecule has 2 nitrogen and oxygen atoms in total. The van der Waals surface area contributed by atoms with Gasteiger partial charge in [-0.15, -0.1) is 0 Å². The van der Waals surface area contributed by atoms with Gasteiger partial charge < -0.3 is 4.90 Å². The summed E-state index contributed by atoms with van der Waals surface area (Å²) in [5.74, 6) is 0. The number of nitrogens with zero attached hydrogens (tertiary/aromatic N) is 1. The molecule has 1 amide bonds. The number of hydrogen-bond acceptors (Lipinski definition) is 2. The third-order valence-corrected chi connectivity index (χ3v) is 3.68. The van der Waals surface area contributed by atoms with Gasteiger partial charge in [0.2, 0.25) is 0 Å². The Hall–Kier alpha value is 0.300. The molecule has 0 spiro atoms. The van der Waals surface area contributed by atoms with Crippen molar-refractivity contribution in [1.29, 1.82) is 0 Å². The molecule has 0 N–H and O–H groups in total. The minimum Gasteiger partial charge on any atom is -0.332 e. The van der Waals surface area contributed by atoms with Crippen LogP contribution in [0.4, 0.5) is 4.79 Å². The summed E-state index contributed by atoms with van der Waals surface area (Å²) >= 11 is 4.85. The predicted octanol–water partition coefficient (Wildman–Crippen LogP) is 3.11. The molecule has 0 aromatic heterocycles. The van der Waals surface area contributed by atoms with E-state index in [9.17, 15) is 4.79 Å². The third kappa shape index (κ3) is 3.50. The molecule has 0 atom stereocenters. The van der Waals surface area contributed by atoms with Crippen LogP contribution >= 0.6 is 27.7 Å². The van der Waals surface area contributed by atoms with Gasteiger partial charge in [-0.2, -0.15) is 0 Å². The average molecular weight is 266 g/mol. The molecule has 1 saturated heterocycles. The van der Waals surface area contributed by atoms with E-state index in [0.29, 0.717) is 0 Å². The van der Waals surface area contributed by atoms with Crippen molar-refractivity contribution in [1.82, 2.24) is 4.90 Å². The zero-order valence-corrected chi connectivity index (χ0v) is 10.6. The number of carbonyl (C=O) groups is 1. The zero-order chi connectivity index (χ0) is 9.90.